The summed E-state index contributed by atoms with van der Waals surface area (Å²) < 4.78 is 0.948. The zero-order valence-corrected chi connectivity index (χ0v) is 18.7. The average Bonchev–Trinajstić information content (AvgIpc) is 2.80. The van der Waals surface area contributed by atoms with Crippen molar-refractivity contribution in [3.63, 3.8) is 0 Å². The van der Waals surface area contributed by atoms with Crippen LogP contribution >= 0.6 is 15.9 Å². The van der Waals surface area contributed by atoms with Gasteiger partial charge in [0.1, 0.15) is 0 Å². The van der Waals surface area contributed by atoms with Gasteiger partial charge in [0.05, 0.1) is 0 Å². The van der Waals surface area contributed by atoms with E-state index in [4.69, 9.17) is 0 Å². The Kier molecular flexibility index (Phi) is 6.72. The summed E-state index contributed by atoms with van der Waals surface area (Å²) in [6.07, 6.45) is 5.79. The highest BCUT2D eigenvalue weighted by molar-refractivity contribution is 9.10. The topological polar surface area (TPSA) is 52.7 Å². The second-order valence-electron chi connectivity index (χ2n) is 8.16. The molecule has 0 aromatic heterocycles. The lowest BCUT2D eigenvalue weighted by Gasteiger charge is -2.38. The number of carbonyl (C=O) groups is 2. The van der Waals surface area contributed by atoms with Gasteiger partial charge in [0.2, 0.25) is 5.91 Å². The molecule has 6 heteroatoms. The first-order chi connectivity index (χ1) is 14.6. The summed E-state index contributed by atoms with van der Waals surface area (Å²) >= 11 is 3.38. The molecule has 30 heavy (non-hydrogen) atoms. The van der Waals surface area contributed by atoms with Gasteiger partial charge < -0.3 is 15.1 Å². The molecule has 2 aromatic carbocycles. The number of anilines is 2. The van der Waals surface area contributed by atoms with Crippen LogP contribution in [0.3, 0.4) is 0 Å². The third-order valence-corrected chi connectivity index (χ3v) is 6.67. The number of piperazine rings is 1. The van der Waals surface area contributed by atoms with Crippen molar-refractivity contribution in [2.24, 2.45) is 5.92 Å². The van der Waals surface area contributed by atoms with Crippen LogP contribution in [0, 0.1) is 5.92 Å². The number of hydrogen-bond acceptors (Lipinski definition) is 3. The highest BCUT2D eigenvalue weighted by Crippen LogP contribution is 2.27. The normalized spacial score (nSPS) is 17.6. The van der Waals surface area contributed by atoms with Crippen molar-refractivity contribution in [1.29, 1.82) is 0 Å². The predicted octanol–water partition coefficient (Wildman–Crippen LogP) is 4.93. The summed E-state index contributed by atoms with van der Waals surface area (Å²) in [4.78, 5) is 29.5. The van der Waals surface area contributed by atoms with E-state index < -0.39 is 0 Å². The van der Waals surface area contributed by atoms with E-state index in [0.29, 0.717) is 11.5 Å². The highest BCUT2D eigenvalue weighted by atomic mass is 79.9. The van der Waals surface area contributed by atoms with Gasteiger partial charge in [0.15, 0.2) is 0 Å². The quantitative estimate of drug-likeness (QED) is 0.690. The molecular weight excluding hydrogens is 442 g/mol. The van der Waals surface area contributed by atoms with E-state index in [2.05, 4.69) is 31.0 Å². The zero-order chi connectivity index (χ0) is 20.9. The van der Waals surface area contributed by atoms with Gasteiger partial charge in [-0.2, -0.15) is 0 Å². The minimum absolute atomic E-state index is 0.120. The third-order valence-electron chi connectivity index (χ3n) is 6.14. The Morgan fingerprint density at radius 2 is 1.47 bits per heavy atom. The fourth-order valence-electron chi connectivity index (χ4n) is 4.35. The second-order valence-corrected chi connectivity index (χ2v) is 9.07. The van der Waals surface area contributed by atoms with E-state index in [9.17, 15) is 9.59 Å². The van der Waals surface area contributed by atoms with Crippen LogP contribution in [0.15, 0.2) is 53.0 Å². The molecule has 2 aliphatic rings. The Morgan fingerprint density at radius 3 is 2.10 bits per heavy atom. The Hall–Kier alpha value is -2.34. The fourth-order valence-corrected chi connectivity index (χ4v) is 4.62. The molecule has 4 rings (SSSR count). The van der Waals surface area contributed by atoms with Crippen LogP contribution in [0.5, 0.6) is 0 Å². The van der Waals surface area contributed by atoms with E-state index in [-0.39, 0.29) is 11.8 Å². The van der Waals surface area contributed by atoms with Gasteiger partial charge in [-0.1, -0.05) is 35.2 Å². The minimum Gasteiger partial charge on any atom is -0.368 e. The van der Waals surface area contributed by atoms with Crippen molar-refractivity contribution in [1.82, 2.24) is 4.90 Å². The minimum atomic E-state index is -0.120. The van der Waals surface area contributed by atoms with Gasteiger partial charge in [-0.25, -0.2) is 0 Å². The molecule has 1 saturated carbocycles. The van der Waals surface area contributed by atoms with Crippen molar-refractivity contribution < 1.29 is 9.59 Å². The molecule has 0 bridgehead atoms. The number of nitrogens with one attached hydrogen (secondary N) is 1. The number of halogens is 1. The first-order valence-electron chi connectivity index (χ1n) is 10.8. The summed E-state index contributed by atoms with van der Waals surface area (Å²) in [6, 6.07) is 15.3. The lowest BCUT2D eigenvalue weighted by atomic mass is 9.88. The molecule has 0 spiro atoms. The molecule has 1 aliphatic carbocycles. The van der Waals surface area contributed by atoms with E-state index in [1.807, 2.05) is 36.4 Å². The van der Waals surface area contributed by atoms with Gasteiger partial charge in [0.25, 0.3) is 5.91 Å². The van der Waals surface area contributed by atoms with Crippen LogP contribution in [0.1, 0.15) is 42.5 Å². The first-order valence-corrected chi connectivity index (χ1v) is 11.6. The molecule has 0 radical (unpaired) electrons. The number of nitrogens with zero attached hydrogens (tertiary/aromatic N) is 2. The molecule has 1 heterocycles. The molecule has 0 atom stereocenters. The fraction of sp³-hybridized carbons (Fsp3) is 0.417. The molecule has 158 valence electrons. The number of amides is 2. The molecular formula is C24H28BrN3O2. The summed E-state index contributed by atoms with van der Waals surface area (Å²) in [5, 5.41) is 2.94. The monoisotopic (exact) mass is 469 g/mol. The van der Waals surface area contributed by atoms with Crippen LogP contribution in [0.25, 0.3) is 0 Å². The maximum Gasteiger partial charge on any atom is 0.255 e. The first kappa shape index (κ1) is 20.9. The lowest BCUT2D eigenvalue weighted by molar-refractivity contribution is -0.136. The number of rotatable bonds is 4. The summed E-state index contributed by atoms with van der Waals surface area (Å²) in [6.45, 7) is 3.28. The van der Waals surface area contributed by atoms with Gasteiger partial charge >= 0.3 is 0 Å². The average molecular weight is 470 g/mol. The summed E-state index contributed by atoms with van der Waals surface area (Å²) in [7, 11) is 0. The van der Waals surface area contributed by atoms with Gasteiger partial charge in [0, 0.05) is 53.5 Å². The summed E-state index contributed by atoms with van der Waals surface area (Å²) in [5.74, 6) is 0.490. The molecule has 1 aliphatic heterocycles. The number of hydrogen-bond donors (Lipinski definition) is 1. The lowest BCUT2D eigenvalue weighted by Crippen LogP contribution is -2.50. The van der Waals surface area contributed by atoms with Crippen molar-refractivity contribution >= 4 is 39.1 Å². The van der Waals surface area contributed by atoms with Crippen LogP contribution in [-0.4, -0.2) is 42.9 Å². The Bertz CT molecular complexity index is 868. The Labute approximate surface area is 186 Å². The highest BCUT2D eigenvalue weighted by Gasteiger charge is 2.28. The van der Waals surface area contributed by atoms with Crippen molar-refractivity contribution in [3.8, 4) is 0 Å². The third kappa shape index (κ3) is 5.04. The number of benzene rings is 2. The summed E-state index contributed by atoms with van der Waals surface area (Å²) in [5.41, 5.74) is 2.53. The van der Waals surface area contributed by atoms with E-state index in [1.54, 1.807) is 12.1 Å². The molecule has 2 aromatic rings. The van der Waals surface area contributed by atoms with Crippen molar-refractivity contribution in [2.45, 2.75) is 32.1 Å². The predicted molar refractivity (Wildman–Crippen MR) is 124 cm³/mol. The molecule has 0 unspecified atom stereocenters. The molecule has 1 saturated heterocycles. The van der Waals surface area contributed by atoms with Crippen LogP contribution in [0.4, 0.5) is 11.4 Å². The maximum absolute atomic E-state index is 12.7. The van der Waals surface area contributed by atoms with E-state index in [0.717, 1.165) is 54.9 Å². The molecule has 2 amide bonds. The second kappa shape index (κ2) is 9.65. The standard InChI is InChI=1S/C24H28BrN3O2/c25-20-8-6-18(7-9-20)23(29)26-21-10-12-22(13-11-21)27-14-16-28(17-15-27)24(30)19-4-2-1-3-5-19/h6-13,19H,1-5,14-17H2,(H,26,29). The van der Waals surface area contributed by atoms with E-state index >= 15 is 0 Å². The molecule has 1 N–H and O–H groups in total. The molecule has 5 nitrogen and oxygen atoms in total. The van der Waals surface area contributed by atoms with Crippen LogP contribution in [-0.2, 0) is 4.79 Å². The van der Waals surface area contributed by atoms with Crippen molar-refractivity contribution in [2.75, 3.05) is 36.4 Å². The number of carbonyl (C=O) groups excluding carboxylic acids is 2. The zero-order valence-electron chi connectivity index (χ0n) is 17.1. The Balaban J connectivity index is 1.30. The Morgan fingerprint density at radius 1 is 0.833 bits per heavy atom. The van der Waals surface area contributed by atoms with Gasteiger partial charge in [-0.15, -0.1) is 0 Å². The maximum atomic E-state index is 12.7. The SMILES string of the molecule is O=C(Nc1ccc(N2CCN(C(=O)C3CCCCC3)CC2)cc1)c1ccc(Br)cc1. The van der Waals surface area contributed by atoms with Gasteiger partial charge in [-0.3, -0.25) is 9.59 Å². The largest absolute Gasteiger partial charge is 0.368 e. The van der Waals surface area contributed by atoms with Crippen LogP contribution in [0.2, 0.25) is 0 Å². The van der Waals surface area contributed by atoms with Crippen LogP contribution < -0.4 is 10.2 Å². The smallest absolute Gasteiger partial charge is 0.255 e. The van der Waals surface area contributed by atoms with E-state index in [1.165, 1.54) is 19.3 Å². The van der Waals surface area contributed by atoms with Gasteiger partial charge in [-0.05, 0) is 61.4 Å². The molecule has 2 fully saturated rings. The van der Waals surface area contributed by atoms with Crippen molar-refractivity contribution in [3.05, 3.63) is 58.6 Å².